The third kappa shape index (κ3) is 7.98. The van der Waals surface area contributed by atoms with Crippen LogP contribution in [0.1, 0.15) is 32.6 Å². The van der Waals surface area contributed by atoms with E-state index >= 15 is 0 Å². The molecule has 0 aliphatic rings. The fourth-order valence-electron chi connectivity index (χ4n) is 4.09. The van der Waals surface area contributed by atoms with Crippen molar-refractivity contribution < 1.29 is 19.0 Å². The van der Waals surface area contributed by atoms with Crippen molar-refractivity contribution in [3.05, 3.63) is 161 Å². The maximum absolute atomic E-state index is 12.8. The summed E-state index contributed by atoms with van der Waals surface area (Å²) >= 11 is 0. The normalized spacial score (nSPS) is 10.5. The Balaban J connectivity index is 1.09. The van der Waals surface area contributed by atoms with Crippen molar-refractivity contribution in [2.75, 3.05) is 0 Å². The molecule has 0 saturated heterocycles. The van der Waals surface area contributed by atoms with Crippen LogP contribution in [0.2, 0.25) is 0 Å². The summed E-state index contributed by atoms with van der Waals surface area (Å²) in [6, 6.07) is 42.9. The summed E-state index contributed by atoms with van der Waals surface area (Å²) in [5.41, 5.74) is 4.74. The molecule has 200 valence electrons. The number of nitrogens with one attached hydrogen (secondary N) is 1. The second kappa shape index (κ2) is 13.7. The molecule has 5 nitrogen and oxygen atoms in total. The van der Waals surface area contributed by atoms with E-state index in [0.717, 1.165) is 33.8 Å². The number of hydrogen-bond acceptors (Lipinski definition) is 4. The van der Waals surface area contributed by atoms with Gasteiger partial charge in [-0.2, -0.15) is 0 Å². The summed E-state index contributed by atoms with van der Waals surface area (Å²) < 4.78 is 17.7. The van der Waals surface area contributed by atoms with Crippen LogP contribution in [0.4, 0.5) is 0 Å². The van der Waals surface area contributed by atoms with Crippen LogP contribution in [0, 0.1) is 0 Å². The fourth-order valence-corrected chi connectivity index (χ4v) is 4.09. The van der Waals surface area contributed by atoms with E-state index in [2.05, 4.69) is 5.32 Å². The highest BCUT2D eigenvalue weighted by Crippen LogP contribution is 2.19. The Morgan fingerprint density at radius 3 is 1.60 bits per heavy atom. The molecule has 0 heterocycles. The monoisotopic (exact) mass is 529 g/mol. The van der Waals surface area contributed by atoms with Crippen molar-refractivity contribution in [2.24, 2.45) is 0 Å². The van der Waals surface area contributed by atoms with Gasteiger partial charge >= 0.3 is 0 Å². The van der Waals surface area contributed by atoms with Crippen LogP contribution in [0.3, 0.4) is 0 Å². The Morgan fingerprint density at radius 1 is 0.475 bits per heavy atom. The number of carbonyl (C=O) groups is 1. The Kier molecular flexibility index (Phi) is 9.08. The van der Waals surface area contributed by atoms with E-state index < -0.39 is 0 Å². The minimum atomic E-state index is -0.166. The zero-order valence-electron chi connectivity index (χ0n) is 22.2. The molecule has 5 rings (SSSR count). The molecule has 1 N–H and O–H groups in total. The number of amides is 1. The zero-order chi connectivity index (χ0) is 27.4. The second-order valence-corrected chi connectivity index (χ2v) is 9.34. The predicted molar refractivity (Wildman–Crippen MR) is 156 cm³/mol. The van der Waals surface area contributed by atoms with Gasteiger partial charge in [-0.15, -0.1) is 0 Å². The highest BCUT2D eigenvalue weighted by molar-refractivity contribution is 5.94. The van der Waals surface area contributed by atoms with E-state index in [9.17, 15) is 4.79 Å². The first-order valence-electron chi connectivity index (χ1n) is 13.2. The minimum absolute atomic E-state index is 0.166. The largest absolute Gasteiger partial charge is 0.489 e. The number of hydrogen-bond donors (Lipinski definition) is 1. The van der Waals surface area contributed by atoms with Gasteiger partial charge in [-0.05, 0) is 64.7 Å². The lowest BCUT2D eigenvalue weighted by Crippen LogP contribution is -2.22. The van der Waals surface area contributed by atoms with Gasteiger partial charge in [0.25, 0.3) is 5.91 Å². The summed E-state index contributed by atoms with van der Waals surface area (Å²) in [6.45, 7) is 1.81. The van der Waals surface area contributed by atoms with Gasteiger partial charge in [-0.25, -0.2) is 0 Å². The highest BCUT2D eigenvalue weighted by atomic mass is 16.5. The average Bonchev–Trinajstić information content (AvgIpc) is 3.02. The molecular weight excluding hydrogens is 498 g/mol. The standard InChI is InChI=1S/C35H31NO4/c37-35(36-23-30-13-7-15-33(21-30)39-25-28-11-5-2-6-12-28)31-14-8-16-34(22-31)40-26-29-17-19-32(20-18-29)38-24-27-9-3-1-4-10-27/h1-22H,23-26H2,(H,36,37). The second-order valence-electron chi connectivity index (χ2n) is 9.34. The van der Waals surface area contributed by atoms with Crippen molar-refractivity contribution in [1.29, 1.82) is 0 Å². The van der Waals surface area contributed by atoms with Crippen LogP contribution in [0.5, 0.6) is 17.2 Å². The first-order chi connectivity index (χ1) is 19.7. The highest BCUT2D eigenvalue weighted by Gasteiger charge is 2.08. The van der Waals surface area contributed by atoms with E-state index in [-0.39, 0.29) is 5.91 Å². The van der Waals surface area contributed by atoms with E-state index in [1.165, 1.54) is 0 Å². The maximum atomic E-state index is 12.8. The quantitative estimate of drug-likeness (QED) is 0.184. The van der Waals surface area contributed by atoms with E-state index in [0.29, 0.717) is 37.7 Å². The van der Waals surface area contributed by atoms with Gasteiger partial charge < -0.3 is 19.5 Å². The van der Waals surface area contributed by atoms with Gasteiger partial charge in [-0.1, -0.05) is 91.0 Å². The molecule has 0 unspecified atom stereocenters. The molecule has 0 aromatic heterocycles. The molecule has 5 aromatic carbocycles. The molecule has 0 spiro atoms. The summed E-state index contributed by atoms with van der Waals surface area (Å²) in [5.74, 6) is 2.04. The number of ether oxygens (including phenoxy) is 3. The molecule has 0 aliphatic carbocycles. The number of benzene rings is 5. The van der Waals surface area contributed by atoms with Gasteiger partial charge in [0.15, 0.2) is 0 Å². The molecule has 5 heteroatoms. The Hall–Kier alpha value is -5.03. The predicted octanol–water partition coefficient (Wildman–Crippen LogP) is 7.35. The summed E-state index contributed by atoms with van der Waals surface area (Å²) in [4.78, 5) is 12.8. The molecule has 0 radical (unpaired) electrons. The molecule has 40 heavy (non-hydrogen) atoms. The van der Waals surface area contributed by atoms with Crippen molar-refractivity contribution in [3.63, 3.8) is 0 Å². The topological polar surface area (TPSA) is 56.8 Å². The Labute approximate surface area is 235 Å². The van der Waals surface area contributed by atoms with Crippen molar-refractivity contribution in [2.45, 2.75) is 26.4 Å². The van der Waals surface area contributed by atoms with Crippen molar-refractivity contribution >= 4 is 5.91 Å². The number of rotatable bonds is 12. The maximum Gasteiger partial charge on any atom is 0.251 e. The van der Waals surface area contributed by atoms with Gasteiger partial charge in [0, 0.05) is 12.1 Å². The van der Waals surface area contributed by atoms with Crippen LogP contribution in [0.25, 0.3) is 0 Å². The van der Waals surface area contributed by atoms with Crippen LogP contribution in [-0.2, 0) is 26.4 Å². The molecule has 1 amide bonds. The lowest BCUT2D eigenvalue weighted by Gasteiger charge is -2.11. The van der Waals surface area contributed by atoms with E-state index in [1.807, 2.05) is 121 Å². The van der Waals surface area contributed by atoms with Crippen molar-refractivity contribution in [3.8, 4) is 17.2 Å². The van der Waals surface area contributed by atoms with Crippen molar-refractivity contribution in [1.82, 2.24) is 5.32 Å². The lowest BCUT2D eigenvalue weighted by molar-refractivity contribution is 0.0950. The smallest absolute Gasteiger partial charge is 0.251 e. The first-order valence-corrected chi connectivity index (χ1v) is 13.2. The minimum Gasteiger partial charge on any atom is -0.489 e. The van der Waals surface area contributed by atoms with Gasteiger partial charge in [-0.3, -0.25) is 4.79 Å². The van der Waals surface area contributed by atoms with Crippen LogP contribution in [0.15, 0.2) is 133 Å². The van der Waals surface area contributed by atoms with Crippen LogP contribution in [-0.4, -0.2) is 5.91 Å². The molecule has 0 bridgehead atoms. The third-order valence-electron chi connectivity index (χ3n) is 6.27. The average molecular weight is 530 g/mol. The number of carbonyl (C=O) groups excluding carboxylic acids is 1. The first kappa shape index (κ1) is 26.6. The van der Waals surface area contributed by atoms with Gasteiger partial charge in [0.05, 0.1) is 0 Å². The molecule has 0 saturated carbocycles. The summed E-state index contributed by atoms with van der Waals surface area (Å²) in [6.07, 6.45) is 0. The fraction of sp³-hybridized carbons (Fsp3) is 0.114. The van der Waals surface area contributed by atoms with Gasteiger partial charge in [0.2, 0.25) is 0 Å². The Morgan fingerprint density at radius 2 is 0.975 bits per heavy atom. The van der Waals surface area contributed by atoms with Crippen LogP contribution >= 0.6 is 0 Å². The zero-order valence-corrected chi connectivity index (χ0v) is 22.2. The van der Waals surface area contributed by atoms with Gasteiger partial charge in [0.1, 0.15) is 37.1 Å². The Bertz CT molecular complexity index is 1500. The summed E-state index contributed by atoms with van der Waals surface area (Å²) in [5, 5.41) is 2.98. The van der Waals surface area contributed by atoms with E-state index in [4.69, 9.17) is 14.2 Å². The summed E-state index contributed by atoms with van der Waals surface area (Å²) in [7, 11) is 0. The SMILES string of the molecule is O=C(NCc1cccc(OCc2ccccc2)c1)c1cccc(OCc2ccc(OCc3ccccc3)cc2)c1. The lowest BCUT2D eigenvalue weighted by atomic mass is 10.1. The molecule has 0 aliphatic heterocycles. The third-order valence-corrected chi connectivity index (χ3v) is 6.27. The molecular formula is C35H31NO4. The molecule has 0 fully saturated rings. The van der Waals surface area contributed by atoms with E-state index in [1.54, 1.807) is 12.1 Å². The van der Waals surface area contributed by atoms with Crippen LogP contribution < -0.4 is 19.5 Å². The molecule has 5 aromatic rings. The molecule has 0 atom stereocenters.